The molecule has 0 bridgehead atoms. The van der Waals surface area contributed by atoms with Crippen LogP contribution in [0.4, 0.5) is 0 Å². The zero-order valence-electron chi connectivity index (χ0n) is 11.1. The molecule has 0 aliphatic heterocycles. The van der Waals surface area contributed by atoms with Crippen molar-refractivity contribution in [3.8, 4) is 0 Å². The van der Waals surface area contributed by atoms with Gasteiger partial charge in [-0.2, -0.15) is 0 Å². The second-order valence-corrected chi connectivity index (χ2v) is 7.34. The Morgan fingerprint density at radius 2 is 1.89 bits per heavy atom. The average molecular weight is 291 g/mol. The highest BCUT2D eigenvalue weighted by Crippen LogP contribution is 2.19. The first-order chi connectivity index (χ1) is 8.28. The average Bonchev–Trinajstić information content (AvgIpc) is 2.28. The van der Waals surface area contributed by atoms with Crippen LogP contribution in [0.5, 0.6) is 0 Å². The van der Waals surface area contributed by atoms with E-state index in [-0.39, 0.29) is 11.1 Å². The Labute approximate surface area is 114 Å². The van der Waals surface area contributed by atoms with Crippen molar-refractivity contribution >= 4 is 21.4 Å². The molecule has 0 aliphatic rings. The molecule has 0 aromatic carbocycles. The van der Waals surface area contributed by atoms with E-state index in [9.17, 15) is 8.42 Å². The Kier molecular flexibility index (Phi) is 5.10. The van der Waals surface area contributed by atoms with Crippen LogP contribution in [-0.4, -0.2) is 29.5 Å². The molecule has 1 rings (SSSR count). The number of hydrogen-bond donors (Lipinski definition) is 0. The highest BCUT2D eigenvalue weighted by Gasteiger charge is 2.26. The molecule has 0 fully saturated rings. The van der Waals surface area contributed by atoms with Crippen LogP contribution in [0, 0.1) is 6.92 Å². The maximum Gasteiger partial charge on any atom is 0.247 e. The fourth-order valence-corrected chi connectivity index (χ4v) is 3.23. The maximum absolute atomic E-state index is 12.3. The summed E-state index contributed by atoms with van der Waals surface area (Å²) in [5.74, 6) is 0.479. The summed E-state index contributed by atoms with van der Waals surface area (Å²) in [6, 6.07) is 1.82. The lowest BCUT2D eigenvalue weighted by Crippen LogP contribution is -2.22. The Hall–Kier alpha value is -0.680. The summed E-state index contributed by atoms with van der Waals surface area (Å²) < 4.78 is 24.5. The predicted octanol–water partition coefficient (Wildman–Crippen LogP) is 2.70. The molecule has 0 N–H and O–H groups in total. The minimum atomic E-state index is -3.49. The number of halogens is 1. The minimum absolute atomic E-state index is 0.0798. The van der Waals surface area contributed by atoms with Crippen molar-refractivity contribution in [3.63, 3.8) is 0 Å². The molecule has 1 aromatic rings. The summed E-state index contributed by atoms with van der Waals surface area (Å²) in [6.07, 6.45) is 0.401. The number of hydrogen-bond acceptors (Lipinski definition) is 4. The van der Waals surface area contributed by atoms with Crippen molar-refractivity contribution in [1.82, 2.24) is 9.97 Å². The molecule has 0 saturated carbocycles. The van der Waals surface area contributed by atoms with Crippen LogP contribution in [-0.2, 0) is 9.84 Å². The SMILES string of the molecule is Cc1cc(C(C)C)nc(S(=O)(=O)C(C)CCCl)n1. The van der Waals surface area contributed by atoms with E-state index in [0.717, 1.165) is 5.69 Å². The quantitative estimate of drug-likeness (QED) is 0.618. The molecule has 1 heterocycles. The summed E-state index contributed by atoms with van der Waals surface area (Å²) in [5.41, 5.74) is 1.42. The lowest BCUT2D eigenvalue weighted by atomic mass is 10.1. The molecule has 0 spiro atoms. The van der Waals surface area contributed by atoms with Crippen molar-refractivity contribution in [3.05, 3.63) is 17.5 Å². The largest absolute Gasteiger partial charge is 0.247 e. The summed E-state index contributed by atoms with van der Waals surface area (Å²) in [4.78, 5) is 8.22. The van der Waals surface area contributed by atoms with Gasteiger partial charge in [0, 0.05) is 17.3 Å². The first kappa shape index (κ1) is 15.4. The highest BCUT2D eigenvalue weighted by atomic mass is 35.5. The predicted molar refractivity (Wildman–Crippen MR) is 72.8 cm³/mol. The first-order valence-corrected chi connectivity index (χ1v) is 8.02. The van der Waals surface area contributed by atoms with Crippen LogP contribution < -0.4 is 0 Å². The number of alkyl halides is 1. The third-order valence-corrected chi connectivity index (χ3v) is 4.95. The Morgan fingerprint density at radius 3 is 2.39 bits per heavy atom. The van der Waals surface area contributed by atoms with Crippen molar-refractivity contribution in [2.45, 2.75) is 50.4 Å². The van der Waals surface area contributed by atoms with Crippen molar-refractivity contribution in [1.29, 1.82) is 0 Å². The van der Waals surface area contributed by atoms with Crippen LogP contribution in [0.15, 0.2) is 11.2 Å². The topological polar surface area (TPSA) is 59.9 Å². The van der Waals surface area contributed by atoms with E-state index in [1.165, 1.54) is 0 Å². The zero-order chi connectivity index (χ0) is 13.9. The molecule has 0 amide bonds. The molecule has 4 nitrogen and oxygen atoms in total. The highest BCUT2D eigenvalue weighted by molar-refractivity contribution is 7.91. The van der Waals surface area contributed by atoms with Gasteiger partial charge in [-0.05, 0) is 32.3 Å². The van der Waals surface area contributed by atoms with E-state index in [1.807, 2.05) is 19.9 Å². The molecule has 6 heteroatoms. The first-order valence-electron chi connectivity index (χ1n) is 5.94. The molecular weight excluding hydrogens is 272 g/mol. The van der Waals surface area contributed by atoms with Gasteiger partial charge < -0.3 is 0 Å². The number of rotatable bonds is 5. The standard InChI is InChI=1S/C12H19ClN2O2S/c1-8(2)11-7-9(3)14-12(15-11)18(16,17)10(4)5-6-13/h7-8,10H,5-6H2,1-4H3. The lowest BCUT2D eigenvalue weighted by molar-refractivity contribution is 0.569. The normalized spacial score (nSPS) is 13.9. The molecule has 1 unspecified atom stereocenters. The third kappa shape index (κ3) is 3.42. The van der Waals surface area contributed by atoms with Crippen molar-refractivity contribution < 1.29 is 8.42 Å². The van der Waals surface area contributed by atoms with Gasteiger partial charge in [-0.1, -0.05) is 13.8 Å². The van der Waals surface area contributed by atoms with Gasteiger partial charge in [0.15, 0.2) is 0 Å². The van der Waals surface area contributed by atoms with Gasteiger partial charge in [0.1, 0.15) is 0 Å². The van der Waals surface area contributed by atoms with Gasteiger partial charge in [0.2, 0.25) is 15.0 Å². The minimum Gasteiger partial charge on any atom is -0.224 e. The summed E-state index contributed by atoms with van der Waals surface area (Å²) >= 11 is 5.60. The fraction of sp³-hybridized carbons (Fsp3) is 0.667. The maximum atomic E-state index is 12.3. The number of nitrogens with zero attached hydrogens (tertiary/aromatic N) is 2. The molecule has 18 heavy (non-hydrogen) atoms. The van der Waals surface area contributed by atoms with E-state index in [4.69, 9.17) is 11.6 Å². The van der Waals surface area contributed by atoms with E-state index in [1.54, 1.807) is 13.8 Å². The van der Waals surface area contributed by atoms with Crippen LogP contribution >= 0.6 is 11.6 Å². The molecule has 102 valence electrons. The zero-order valence-corrected chi connectivity index (χ0v) is 12.7. The Morgan fingerprint density at radius 1 is 1.28 bits per heavy atom. The van der Waals surface area contributed by atoms with Crippen LogP contribution in [0.3, 0.4) is 0 Å². The molecule has 0 aliphatic carbocycles. The number of aryl methyl sites for hydroxylation is 1. The second-order valence-electron chi connectivity index (χ2n) is 4.70. The van der Waals surface area contributed by atoms with Crippen LogP contribution in [0.1, 0.15) is 44.5 Å². The van der Waals surface area contributed by atoms with Crippen LogP contribution in [0.2, 0.25) is 0 Å². The van der Waals surface area contributed by atoms with Crippen molar-refractivity contribution in [2.75, 3.05) is 5.88 Å². The molecule has 1 aromatic heterocycles. The summed E-state index contributed by atoms with van der Waals surface area (Å²) in [5, 5.41) is -0.638. The molecule has 1 atom stereocenters. The summed E-state index contributed by atoms with van der Waals surface area (Å²) in [6.45, 7) is 7.36. The number of aromatic nitrogens is 2. The van der Waals surface area contributed by atoms with Gasteiger partial charge in [0.25, 0.3) is 0 Å². The fourth-order valence-electron chi connectivity index (χ4n) is 1.48. The molecule has 0 radical (unpaired) electrons. The number of sulfone groups is 1. The van der Waals surface area contributed by atoms with Gasteiger partial charge in [-0.3, -0.25) is 0 Å². The summed E-state index contributed by atoms with van der Waals surface area (Å²) in [7, 11) is -3.49. The second kappa shape index (κ2) is 5.97. The third-order valence-electron chi connectivity index (χ3n) is 2.74. The molecule has 0 saturated heterocycles. The van der Waals surface area contributed by atoms with Gasteiger partial charge in [-0.15, -0.1) is 11.6 Å². The van der Waals surface area contributed by atoms with E-state index in [0.29, 0.717) is 18.0 Å². The van der Waals surface area contributed by atoms with E-state index < -0.39 is 15.1 Å². The van der Waals surface area contributed by atoms with E-state index >= 15 is 0 Å². The van der Waals surface area contributed by atoms with Gasteiger partial charge >= 0.3 is 0 Å². The van der Waals surface area contributed by atoms with E-state index in [2.05, 4.69) is 9.97 Å². The smallest absolute Gasteiger partial charge is 0.224 e. The monoisotopic (exact) mass is 290 g/mol. The Balaban J connectivity index is 3.24. The lowest BCUT2D eigenvalue weighted by Gasteiger charge is -2.12. The van der Waals surface area contributed by atoms with Crippen LogP contribution in [0.25, 0.3) is 0 Å². The van der Waals surface area contributed by atoms with Crippen molar-refractivity contribution in [2.24, 2.45) is 0 Å². The van der Waals surface area contributed by atoms with Gasteiger partial charge in [0.05, 0.1) is 5.25 Å². The Bertz CT molecular complexity index is 515. The van der Waals surface area contributed by atoms with Gasteiger partial charge in [-0.25, -0.2) is 18.4 Å². The molecular formula is C12H19ClN2O2S.